The molecule has 1 aromatic heterocycles. The van der Waals surface area contributed by atoms with Crippen LogP contribution in [0.1, 0.15) is 11.1 Å². The summed E-state index contributed by atoms with van der Waals surface area (Å²) in [5.41, 5.74) is -0.311. The number of hydrogen-bond acceptors (Lipinski definition) is 4. The molecule has 2 aromatic rings. The van der Waals surface area contributed by atoms with Crippen molar-refractivity contribution in [2.24, 2.45) is 0 Å². The molecule has 2 rings (SSSR count). The molecule has 21 heavy (non-hydrogen) atoms. The van der Waals surface area contributed by atoms with E-state index in [1.54, 1.807) is 6.07 Å². The number of aromatic nitrogens is 1. The molecule has 0 spiro atoms. The molecule has 0 aliphatic carbocycles. The predicted molar refractivity (Wildman–Crippen MR) is 69.7 cm³/mol. The third-order valence-corrected chi connectivity index (χ3v) is 2.68. The first-order chi connectivity index (χ1) is 9.86. The maximum Gasteiger partial charge on any atom is 0.416 e. The van der Waals surface area contributed by atoms with Gasteiger partial charge < -0.3 is 5.32 Å². The highest BCUT2D eigenvalue weighted by Gasteiger charge is 2.30. The largest absolute Gasteiger partial charge is 0.416 e. The lowest BCUT2D eigenvalue weighted by molar-refractivity contribution is -0.384. The van der Waals surface area contributed by atoms with E-state index in [9.17, 15) is 23.3 Å². The molecule has 0 unspecified atom stereocenters. The van der Waals surface area contributed by atoms with Gasteiger partial charge in [-0.25, -0.2) is 4.98 Å². The molecule has 0 aliphatic rings. The average molecular weight is 297 g/mol. The van der Waals surface area contributed by atoms with Gasteiger partial charge in [0.05, 0.1) is 10.5 Å². The van der Waals surface area contributed by atoms with Crippen LogP contribution in [0.25, 0.3) is 0 Å². The van der Waals surface area contributed by atoms with Crippen molar-refractivity contribution in [3.8, 4) is 0 Å². The second kappa shape index (κ2) is 5.78. The number of hydrogen-bond donors (Lipinski definition) is 1. The second-order valence-corrected chi connectivity index (χ2v) is 4.21. The molecule has 0 saturated heterocycles. The van der Waals surface area contributed by atoms with E-state index >= 15 is 0 Å². The fourth-order valence-corrected chi connectivity index (χ4v) is 1.68. The summed E-state index contributed by atoms with van der Waals surface area (Å²) >= 11 is 0. The number of alkyl halides is 3. The summed E-state index contributed by atoms with van der Waals surface area (Å²) in [6, 6.07) is 7.59. The maximum atomic E-state index is 12.5. The third-order valence-electron chi connectivity index (χ3n) is 2.68. The third kappa shape index (κ3) is 3.91. The Bertz CT molecular complexity index is 659. The monoisotopic (exact) mass is 297 g/mol. The van der Waals surface area contributed by atoms with Crippen molar-refractivity contribution >= 4 is 11.5 Å². The highest BCUT2D eigenvalue weighted by molar-refractivity contribution is 5.41. The Kier molecular flexibility index (Phi) is 4.06. The molecule has 0 aliphatic heterocycles. The van der Waals surface area contributed by atoms with Crippen LogP contribution in [0.15, 0.2) is 42.6 Å². The number of benzene rings is 1. The lowest BCUT2D eigenvalue weighted by Crippen LogP contribution is -2.07. The van der Waals surface area contributed by atoms with Crippen molar-refractivity contribution in [1.82, 2.24) is 4.98 Å². The smallest absolute Gasteiger partial charge is 0.366 e. The first-order valence-corrected chi connectivity index (χ1v) is 5.87. The van der Waals surface area contributed by atoms with E-state index in [1.807, 2.05) is 0 Å². The molecule has 0 atom stereocenters. The van der Waals surface area contributed by atoms with Gasteiger partial charge in [0.1, 0.15) is 5.82 Å². The number of nitrogens with zero attached hydrogens (tertiary/aromatic N) is 2. The number of nitrogens with one attached hydrogen (secondary N) is 1. The number of anilines is 1. The van der Waals surface area contributed by atoms with E-state index in [-0.39, 0.29) is 18.1 Å². The van der Waals surface area contributed by atoms with Gasteiger partial charge in [0.25, 0.3) is 5.69 Å². The molecule has 1 heterocycles. The van der Waals surface area contributed by atoms with Crippen LogP contribution in [-0.4, -0.2) is 9.91 Å². The molecule has 8 heteroatoms. The lowest BCUT2D eigenvalue weighted by Gasteiger charge is -2.09. The zero-order valence-electron chi connectivity index (χ0n) is 10.6. The zero-order chi connectivity index (χ0) is 15.5. The maximum absolute atomic E-state index is 12.5. The van der Waals surface area contributed by atoms with Crippen LogP contribution in [0, 0.1) is 10.1 Å². The van der Waals surface area contributed by atoms with E-state index in [4.69, 9.17) is 0 Å². The number of nitro groups is 1. The van der Waals surface area contributed by atoms with E-state index < -0.39 is 16.7 Å². The van der Waals surface area contributed by atoms with Gasteiger partial charge in [-0.15, -0.1) is 0 Å². The van der Waals surface area contributed by atoms with Crippen molar-refractivity contribution in [1.29, 1.82) is 0 Å². The number of non-ortho nitro benzene ring substituents is 1. The summed E-state index contributed by atoms with van der Waals surface area (Å²) in [6.45, 7) is 0.135. The zero-order valence-corrected chi connectivity index (χ0v) is 10.6. The van der Waals surface area contributed by atoms with Gasteiger partial charge in [0.15, 0.2) is 0 Å². The van der Waals surface area contributed by atoms with E-state index in [2.05, 4.69) is 10.3 Å². The Morgan fingerprint density at radius 3 is 2.67 bits per heavy atom. The minimum absolute atomic E-state index is 0.0522. The van der Waals surface area contributed by atoms with Gasteiger partial charge in [0.2, 0.25) is 0 Å². The molecule has 0 radical (unpaired) electrons. The van der Waals surface area contributed by atoms with Gasteiger partial charge in [-0.2, -0.15) is 13.2 Å². The fourth-order valence-electron chi connectivity index (χ4n) is 1.68. The number of pyridine rings is 1. The Labute approximate surface area is 117 Å². The summed E-state index contributed by atoms with van der Waals surface area (Å²) < 4.78 is 37.6. The molecular weight excluding hydrogens is 287 g/mol. The molecule has 0 bridgehead atoms. The van der Waals surface area contributed by atoms with Crippen LogP contribution in [0.4, 0.5) is 24.7 Å². The van der Waals surface area contributed by atoms with Crippen molar-refractivity contribution < 1.29 is 18.1 Å². The normalized spacial score (nSPS) is 11.2. The Morgan fingerprint density at radius 1 is 1.24 bits per heavy atom. The summed E-state index contributed by atoms with van der Waals surface area (Å²) in [5, 5.41) is 13.3. The SMILES string of the molecule is O=[N+]([O-])c1cccc(CNc2cc(C(F)(F)F)ccn2)c1. The first kappa shape index (κ1) is 14.8. The van der Waals surface area contributed by atoms with E-state index in [0.29, 0.717) is 5.56 Å². The van der Waals surface area contributed by atoms with Crippen LogP contribution in [0.3, 0.4) is 0 Å². The highest BCUT2D eigenvalue weighted by Crippen LogP contribution is 2.30. The Balaban J connectivity index is 2.10. The van der Waals surface area contributed by atoms with Crippen molar-refractivity contribution in [2.75, 3.05) is 5.32 Å². The molecule has 110 valence electrons. The molecule has 0 amide bonds. The van der Waals surface area contributed by atoms with Gasteiger partial charge in [-0.1, -0.05) is 12.1 Å². The topological polar surface area (TPSA) is 68.1 Å². The lowest BCUT2D eigenvalue weighted by atomic mass is 10.2. The molecule has 0 saturated carbocycles. The molecule has 0 fully saturated rings. The van der Waals surface area contributed by atoms with Crippen LogP contribution < -0.4 is 5.32 Å². The van der Waals surface area contributed by atoms with Crippen LogP contribution in [0.5, 0.6) is 0 Å². The predicted octanol–water partition coefficient (Wildman–Crippen LogP) is 3.62. The van der Waals surface area contributed by atoms with Gasteiger partial charge in [-0.05, 0) is 17.7 Å². The van der Waals surface area contributed by atoms with Gasteiger partial charge in [-0.3, -0.25) is 10.1 Å². The van der Waals surface area contributed by atoms with Gasteiger partial charge in [0, 0.05) is 24.9 Å². The quantitative estimate of drug-likeness (QED) is 0.691. The Hall–Kier alpha value is -2.64. The summed E-state index contributed by atoms with van der Waals surface area (Å²) in [6.07, 6.45) is -3.39. The minimum Gasteiger partial charge on any atom is -0.366 e. The summed E-state index contributed by atoms with van der Waals surface area (Å²) in [5.74, 6) is 0.0522. The average Bonchev–Trinajstić information content (AvgIpc) is 2.45. The second-order valence-electron chi connectivity index (χ2n) is 4.21. The molecule has 1 aromatic carbocycles. The number of halogens is 3. The van der Waals surface area contributed by atoms with Crippen LogP contribution in [-0.2, 0) is 12.7 Å². The fraction of sp³-hybridized carbons (Fsp3) is 0.154. The summed E-state index contributed by atoms with van der Waals surface area (Å²) in [4.78, 5) is 13.9. The van der Waals surface area contributed by atoms with Gasteiger partial charge >= 0.3 is 6.18 Å². The van der Waals surface area contributed by atoms with E-state index in [1.165, 1.54) is 18.2 Å². The van der Waals surface area contributed by atoms with Crippen LogP contribution >= 0.6 is 0 Å². The summed E-state index contributed by atoms with van der Waals surface area (Å²) in [7, 11) is 0. The molecular formula is C13H10F3N3O2. The molecule has 5 nitrogen and oxygen atoms in total. The standard InChI is InChI=1S/C13H10F3N3O2/c14-13(15,16)10-4-5-17-12(7-10)18-8-9-2-1-3-11(6-9)19(20)21/h1-7H,8H2,(H,17,18). The first-order valence-electron chi connectivity index (χ1n) is 5.87. The number of nitro benzene ring substituents is 1. The van der Waals surface area contributed by atoms with Crippen molar-refractivity contribution in [2.45, 2.75) is 12.7 Å². The molecule has 1 N–H and O–H groups in total. The number of rotatable bonds is 4. The Morgan fingerprint density at radius 2 is 2.00 bits per heavy atom. The van der Waals surface area contributed by atoms with E-state index in [0.717, 1.165) is 18.3 Å². The highest BCUT2D eigenvalue weighted by atomic mass is 19.4. The van der Waals surface area contributed by atoms with Crippen molar-refractivity contribution in [3.05, 3.63) is 63.8 Å². The van der Waals surface area contributed by atoms with Crippen molar-refractivity contribution in [3.63, 3.8) is 0 Å². The minimum atomic E-state index is -4.44. The van der Waals surface area contributed by atoms with Crippen LogP contribution in [0.2, 0.25) is 0 Å².